The predicted octanol–water partition coefficient (Wildman–Crippen LogP) is 2.21. The molecule has 3 N–H and O–H groups in total. The minimum Gasteiger partial charge on any atom is -0.398 e. The molecule has 0 radical (unpaired) electrons. The van der Waals surface area contributed by atoms with E-state index < -0.39 is 33.6 Å². The summed E-state index contributed by atoms with van der Waals surface area (Å²) in [4.78, 5) is 0. The largest absolute Gasteiger partial charge is 0.418 e. The first-order valence-electron chi connectivity index (χ1n) is 6.26. The SMILES string of the molecule is Nc1ccc(NS(=O)(=O)CC2CCCO2)cc1C(F)(F)F. The fraction of sp³-hybridized carbons (Fsp3) is 0.500. The van der Waals surface area contributed by atoms with Gasteiger partial charge in [-0.15, -0.1) is 0 Å². The van der Waals surface area contributed by atoms with Crippen LogP contribution < -0.4 is 10.5 Å². The van der Waals surface area contributed by atoms with E-state index in [1.165, 1.54) is 6.07 Å². The highest BCUT2D eigenvalue weighted by Gasteiger charge is 2.33. The van der Waals surface area contributed by atoms with Crippen LogP contribution in [0.3, 0.4) is 0 Å². The first-order valence-corrected chi connectivity index (χ1v) is 7.91. The van der Waals surface area contributed by atoms with Gasteiger partial charge in [0.25, 0.3) is 0 Å². The van der Waals surface area contributed by atoms with Crippen LogP contribution in [0.5, 0.6) is 0 Å². The second kappa shape index (κ2) is 5.72. The van der Waals surface area contributed by atoms with E-state index >= 15 is 0 Å². The van der Waals surface area contributed by atoms with Crippen LogP contribution >= 0.6 is 0 Å². The summed E-state index contributed by atoms with van der Waals surface area (Å²) in [6.45, 7) is 0.500. The third kappa shape index (κ3) is 4.24. The Morgan fingerprint density at radius 3 is 2.67 bits per heavy atom. The Hall–Kier alpha value is -1.48. The summed E-state index contributed by atoms with van der Waals surface area (Å²) < 4.78 is 69.3. The van der Waals surface area contributed by atoms with Crippen molar-refractivity contribution in [2.75, 3.05) is 22.8 Å². The zero-order chi connectivity index (χ0) is 15.7. The number of rotatable bonds is 4. The Morgan fingerprint density at radius 1 is 1.38 bits per heavy atom. The number of alkyl halides is 3. The number of nitrogens with two attached hydrogens (primary N) is 1. The van der Waals surface area contributed by atoms with Crippen LogP contribution in [-0.2, 0) is 20.9 Å². The Kier molecular flexibility index (Phi) is 4.33. The molecule has 1 unspecified atom stereocenters. The molecule has 1 heterocycles. The molecule has 0 aromatic heterocycles. The fourth-order valence-corrected chi connectivity index (χ4v) is 3.43. The molecule has 0 saturated carbocycles. The van der Waals surface area contributed by atoms with Crippen molar-refractivity contribution < 1.29 is 26.3 Å². The molecule has 1 atom stereocenters. The molecule has 1 aromatic rings. The minimum absolute atomic E-state index is 0.172. The predicted molar refractivity (Wildman–Crippen MR) is 72.2 cm³/mol. The molecule has 118 valence electrons. The average molecular weight is 324 g/mol. The van der Waals surface area contributed by atoms with E-state index in [1.54, 1.807) is 0 Å². The molecule has 9 heteroatoms. The molecule has 0 aliphatic carbocycles. The van der Waals surface area contributed by atoms with Crippen molar-refractivity contribution in [2.24, 2.45) is 0 Å². The highest BCUT2D eigenvalue weighted by molar-refractivity contribution is 7.92. The van der Waals surface area contributed by atoms with Gasteiger partial charge in [-0.05, 0) is 31.0 Å². The van der Waals surface area contributed by atoms with Crippen LogP contribution in [-0.4, -0.2) is 26.9 Å². The van der Waals surface area contributed by atoms with Crippen LogP contribution in [0, 0.1) is 0 Å². The van der Waals surface area contributed by atoms with Gasteiger partial charge in [0.2, 0.25) is 10.0 Å². The number of nitrogen functional groups attached to an aromatic ring is 1. The number of anilines is 2. The highest BCUT2D eigenvalue weighted by Crippen LogP contribution is 2.35. The number of hydrogen-bond acceptors (Lipinski definition) is 4. The number of hydrogen-bond donors (Lipinski definition) is 2. The van der Waals surface area contributed by atoms with Crippen LogP contribution in [0.15, 0.2) is 18.2 Å². The van der Waals surface area contributed by atoms with E-state index in [1.807, 2.05) is 0 Å². The molecule has 21 heavy (non-hydrogen) atoms. The zero-order valence-electron chi connectivity index (χ0n) is 11.0. The molecule has 1 aliphatic heterocycles. The molecule has 0 amide bonds. The van der Waals surface area contributed by atoms with Gasteiger partial charge in [-0.2, -0.15) is 13.2 Å². The van der Waals surface area contributed by atoms with Gasteiger partial charge in [0.15, 0.2) is 0 Å². The number of sulfonamides is 1. The normalized spacial score (nSPS) is 19.7. The van der Waals surface area contributed by atoms with Crippen molar-refractivity contribution in [3.63, 3.8) is 0 Å². The van der Waals surface area contributed by atoms with Crippen molar-refractivity contribution in [1.82, 2.24) is 0 Å². The molecule has 1 aliphatic rings. The van der Waals surface area contributed by atoms with Gasteiger partial charge in [0.05, 0.1) is 17.4 Å². The highest BCUT2D eigenvalue weighted by atomic mass is 32.2. The van der Waals surface area contributed by atoms with Crippen molar-refractivity contribution in [3.05, 3.63) is 23.8 Å². The van der Waals surface area contributed by atoms with E-state index in [4.69, 9.17) is 10.5 Å². The Labute approximate surface area is 120 Å². The Morgan fingerprint density at radius 2 is 2.10 bits per heavy atom. The Bertz CT molecular complexity index is 611. The van der Waals surface area contributed by atoms with Crippen LogP contribution in [0.25, 0.3) is 0 Å². The standard InChI is InChI=1S/C12H15F3N2O3S/c13-12(14,15)10-6-8(3-4-11(10)16)17-21(18,19)7-9-2-1-5-20-9/h3-4,6,9,17H,1-2,5,7,16H2. The third-order valence-electron chi connectivity index (χ3n) is 3.06. The molecule has 1 saturated heterocycles. The van der Waals surface area contributed by atoms with Gasteiger partial charge in [0.1, 0.15) is 0 Å². The van der Waals surface area contributed by atoms with Gasteiger partial charge < -0.3 is 10.5 Å². The molecular formula is C12H15F3N2O3S. The second-order valence-corrected chi connectivity index (χ2v) is 6.59. The smallest absolute Gasteiger partial charge is 0.398 e. The van der Waals surface area contributed by atoms with Gasteiger partial charge in [-0.1, -0.05) is 0 Å². The topological polar surface area (TPSA) is 81.4 Å². The molecular weight excluding hydrogens is 309 g/mol. The van der Waals surface area contributed by atoms with E-state index in [0.29, 0.717) is 19.1 Å². The second-order valence-electron chi connectivity index (χ2n) is 4.82. The summed E-state index contributed by atoms with van der Waals surface area (Å²) in [5.41, 5.74) is 3.56. The summed E-state index contributed by atoms with van der Waals surface area (Å²) in [5, 5.41) is 0. The zero-order valence-corrected chi connectivity index (χ0v) is 11.8. The maximum atomic E-state index is 12.7. The van der Waals surface area contributed by atoms with Crippen molar-refractivity contribution in [3.8, 4) is 0 Å². The van der Waals surface area contributed by atoms with Crippen LogP contribution in [0.1, 0.15) is 18.4 Å². The van der Waals surface area contributed by atoms with E-state index in [2.05, 4.69) is 4.72 Å². The van der Waals surface area contributed by atoms with Crippen molar-refractivity contribution in [1.29, 1.82) is 0 Å². The Balaban J connectivity index is 2.15. The van der Waals surface area contributed by atoms with Crippen molar-refractivity contribution >= 4 is 21.4 Å². The lowest BCUT2D eigenvalue weighted by molar-refractivity contribution is -0.136. The van der Waals surface area contributed by atoms with Gasteiger partial charge in [0, 0.05) is 18.0 Å². The van der Waals surface area contributed by atoms with Gasteiger partial charge in [-0.3, -0.25) is 4.72 Å². The lowest BCUT2D eigenvalue weighted by Crippen LogP contribution is -2.25. The number of ether oxygens (including phenoxy) is 1. The first kappa shape index (κ1) is 15.9. The fourth-order valence-electron chi connectivity index (χ4n) is 2.11. The molecule has 0 bridgehead atoms. The summed E-state index contributed by atoms with van der Waals surface area (Å²) >= 11 is 0. The molecule has 2 rings (SSSR count). The van der Waals surface area contributed by atoms with Gasteiger partial charge in [-0.25, -0.2) is 8.42 Å². The maximum Gasteiger partial charge on any atom is 0.418 e. The van der Waals surface area contributed by atoms with Crippen LogP contribution in [0.2, 0.25) is 0 Å². The molecule has 5 nitrogen and oxygen atoms in total. The van der Waals surface area contributed by atoms with Crippen LogP contribution in [0.4, 0.5) is 24.5 Å². The molecule has 0 spiro atoms. The summed E-state index contributed by atoms with van der Waals surface area (Å²) in [6.07, 6.45) is -3.66. The number of nitrogens with one attached hydrogen (secondary N) is 1. The quantitative estimate of drug-likeness (QED) is 0.832. The first-order chi connectivity index (χ1) is 9.67. The number of halogens is 3. The average Bonchev–Trinajstić information content (AvgIpc) is 2.81. The van der Waals surface area contributed by atoms with Gasteiger partial charge >= 0.3 is 6.18 Å². The third-order valence-corrected chi connectivity index (χ3v) is 4.42. The molecule has 1 fully saturated rings. The van der Waals surface area contributed by atoms with Crippen molar-refractivity contribution in [2.45, 2.75) is 25.1 Å². The van der Waals surface area contributed by atoms with E-state index in [0.717, 1.165) is 12.5 Å². The van der Waals surface area contributed by atoms with E-state index in [9.17, 15) is 21.6 Å². The summed E-state index contributed by atoms with van der Waals surface area (Å²) in [7, 11) is -3.78. The monoisotopic (exact) mass is 324 g/mol. The lowest BCUT2D eigenvalue weighted by atomic mass is 10.1. The maximum absolute atomic E-state index is 12.7. The minimum atomic E-state index is -4.64. The summed E-state index contributed by atoms with van der Waals surface area (Å²) in [5.74, 6) is -0.279. The summed E-state index contributed by atoms with van der Waals surface area (Å²) in [6, 6.07) is 2.90. The molecule has 1 aromatic carbocycles. The number of benzene rings is 1. The lowest BCUT2D eigenvalue weighted by Gasteiger charge is -2.15. The van der Waals surface area contributed by atoms with E-state index in [-0.39, 0.29) is 11.4 Å².